The first-order valence-corrected chi connectivity index (χ1v) is 8.02. The van der Waals surface area contributed by atoms with Crippen LogP contribution in [0.5, 0.6) is 11.5 Å². The van der Waals surface area contributed by atoms with Gasteiger partial charge in [0.05, 0.1) is 12.0 Å². The van der Waals surface area contributed by atoms with E-state index in [1.807, 2.05) is 0 Å². The third-order valence-electron chi connectivity index (χ3n) is 3.35. The molecule has 1 aromatic carbocycles. The SMILES string of the molecule is CCN1C(=O)S/C(=C\c2cccc(OC)c2O[C@@H](C)C(=O)O)C1=O. The molecule has 128 valence electrons. The number of rotatable bonds is 6. The number of likely N-dealkylation sites (N-methyl/N-ethyl adjacent to an activating group) is 1. The molecule has 1 atom stereocenters. The number of nitrogens with zero attached hydrogens (tertiary/aromatic N) is 1. The summed E-state index contributed by atoms with van der Waals surface area (Å²) in [7, 11) is 1.43. The van der Waals surface area contributed by atoms with Gasteiger partial charge in [0.2, 0.25) is 0 Å². The average Bonchev–Trinajstić information content (AvgIpc) is 2.82. The van der Waals surface area contributed by atoms with E-state index in [0.29, 0.717) is 17.9 Å². The molecule has 1 N–H and O–H groups in total. The van der Waals surface area contributed by atoms with Crippen molar-refractivity contribution in [2.24, 2.45) is 0 Å². The fraction of sp³-hybridized carbons (Fsp3) is 0.312. The maximum atomic E-state index is 12.2. The van der Waals surface area contributed by atoms with Gasteiger partial charge in [0.1, 0.15) is 0 Å². The minimum Gasteiger partial charge on any atom is -0.493 e. The van der Waals surface area contributed by atoms with E-state index in [1.54, 1.807) is 25.1 Å². The van der Waals surface area contributed by atoms with Crippen LogP contribution in [0.4, 0.5) is 4.79 Å². The van der Waals surface area contributed by atoms with Gasteiger partial charge in [0.25, 0.3) is 11.1 Å². The van der Waals surface area contributed by atoms with Crippen molar-refractivity contribution >= 4 is 35.0 Å². The van der Waals surface area contributed by atoms with Crippen LogP contribution < -0.4 is 9.47 Å². The predicted octanol–water partition coefficient (Wildman–Crippen LogP) is 2.60. The van der Waals surface area contributed by atoms with Crippen LogP contribution in [0.25, 0.3) is 6.08 Å². The largest absolute Gasteiger partial charge is 0.493 e. The van der Waals surface area contributed by atoms with Gasteiger partial charge in [-0.25, -0.2) is 4.79 Å². The summed E-state index contributed by atoms with van der Waals surface area (Å²) in [6.45, 7) is 3.40. The number of para-hydroxylation sites is 1. The Morgan fingerprint density at radius 3 is 2.67 bits per heavy atom. The zero-order valence-corrected chi connectivity index (χ0v) is 14.3. The molecule has 0 saturated carbocycles. The van der Waals surface area contributed by atoms with Crippen LogP contribution in [-0.4, -0.2) is 46.9 Å². The van der Waals surface area contributed by atoms with Gasteiger partial charge in [-0.15, -0.1) is 0 Å². The Kier molecular flexibility index (Phi) is 5.50. The van der Waals surface area contributed by atoms with Gasteiger partial charge in [-0.05, 0) is 37.8 Å². The molecule has 1 heterocycles. The van der Waals surface area contributed by atoms with E-state index in [1.165, 1.54) is 20.1 Å². The van der Waals surface area contributed by atoms with E-state index in [-0.39, 0.29) is 21.8 Å². The Balaban J connectivity index is 2.44. The first-order chi connectivity index (χ1) is 11.4. The van der Waals surface area contributed by atoms with E-state index in [0.717, 1.165) is 16.7 Å². The van der Waals surface area contributed by atoms with Crippen LogP contribution in [0.2, 0.25) is 0 Å². The number of aliphatic carboxylic acids is 1. The van der Waals surface area contributed by atoms with E-state index in [9.17, 15) is 14.4 Å². The molecule has 1 aliphatic rings. The normalized spacial score (nSPS) is 17.3. The summed E-state index contributed by atoms with van der Waals surface area (Å²) >= 11 is 0.834. The molecule has 2 rings (SSSR count). The fourth-order valence-corrected chi connectivity index (χ4v) is 2.97. The molecule has 1 fully saturated rings. The molecule has 24 heavy (non-hydrogen) atoms. The Morgan fingerprint density at radius 1 is 1.42 bits per heavy atom. The van der Waals surface area contributed by atoms with Crippen molar-refractivity contribution in [3.63, 3.8) is 0 Å². The van der Waals surface area contributed by atoms with Crippen LogP contribution in [0, 0.1) is 0 Å². The summed E-state index contributed by atoms with van der Waals surface area (Å²) in [5.74, 6) is -0.963. The molecule has 0 bridgehead atoms. The zero-order valence-electron chi connectivity index (χ0n) is 13.4. The number of imide groups is 1. The molecular weight excluding hydrogens is 334 g/mol. The van der Waals surface area contributed by atoms with E-state index in [4.69, 9.17) is 14.6 Å². The van der Waals surface area contributed by atoms with Gasteiger partial charge in [-0.2, -0.15) is 0 Å². The highest BCUT2D eigenvalue weighted by Gasteiger charge is 2.34. The minimum absolute atomic E-state index is 0.207. The molecule has 0 aromatic heterocycles. The lowest BCUT2D eigenvalue weighted by molar-refractivity contribution is -0.144. The topological polar surface area (TPSA) is 93.1 Å². The number of thioether (sulfide) groups is 1. The first-order valence-electron chi connectivity index (χ1n) is 7.20. The monoisotopic (exact) mass is 351 g/mol. The molecule has 1 saturated heterocycles. The van der Waals surface area contributed by atoms with Crippen LogP contribution in [0.3, 0.4) is 0 Å². The smallest absolute Gasteiger partial charge is 0.344 e. The predicted molar refractivity (Wildman–Crippen MR) is 89.1 cm³/mol. The average molecular weight is 351 g/mol. The van der Waals surface area contributed by atoms with Gasteiger partial charge in [0, 0.05) is 12.1 Å². The second-order valence-corrected chi connectivity index (χ2v) is 5.90. The van der Waals surface area contributed by atoms with Gasteiger partial charge >= 0.3 is 5.97 Å². The summed E-state index contributed by atoms with van der Waals surface area (Å²) in [5, 5.41) is 8.70. The maximum absolute atomic E-state index is 12.2. The summed E-state index contributed by atoms with van der Waals surface area (Å²) in [6.07, 6.45) is 0.409. The number of amides is 2. The van der Waals surface area contributed by atoms with Crippen LogP contribution in [-0.2, 0) is 9.59 Å². The zero-order chi connectivity index (χ0) is 17.9. The number of hydrogen-bond acceptors (Lipinski definition) is 6. The van der Waals surface area contributed by atoms with E-state index >= 15 is 0 Å². The van der Waals surface area contributed by atoms with Crippen LogP contribution in [0.1, 0.15) is 19.4 Å². The molecule has 0 spiro atoms. The Bertz CT molecular complexity index is 715. The van der Waals surface area contributed by atoms with Crippen molar-refractivity contribution in [1.29, 1.82) is 0 Å². The highest BCUT2D eigenvalue weighted by Crippen LogP contribution is 2.37. The number of carbonyl (C=O) groups is 3. The molecular formula is C16H17NO6S. The molecule has 8 heteroatoms. The summed E-state index contributed by atoms with van der Waals surface area (Å²) < 4.78 is 10.7. The van der Waals surface area contributed by atoms with Crippen molar-refractivity contribution < 1.29 is 29.0 Å². The van der Waals surface area contributed by atoms with E-state index in [2.05, 4.69) is 0 Å². The lowest BCUT2D eigenvalue weighted by atomic mass is 10.1. The lowest BCUT2D eigenvalue weighted by Gasteiger charge is -2.16. The summed E-state index contributed by atoms with van der Waals surface area (Å²) in [5.41, 5.74) is 0.462. The number of carboxylic acids is 1. The number of methoxy groups -OCH3 is 1. The van der Waals surface area contributed by atoms with Gasteiger partial charge in [-0.1, -0.05) is 12.1 Å². The quantitative estimate of drug-likeness (QED) is 0.787. The molecule has 1 aromatic rings. The molecule has 0 radical (unpaired) electrons. The van der Waals surface area contributed by atoms with Gasteiger partial charge in [-0.3, -0.25) is 14.5 Å². The lowest BCUT2D eigenvalue weighted by Crippen LogP contribution is -2.27. The molecule has 0 aliphatic carbocycles. The number of benzene rings is 1. The van der Waals surface area contributed by atoms with Crippen LogP contribution in [0.15, 0.2) is 23.1 Å². The van der Waals surface area contributed by atoms with Crippen LogP contribution >= 0.6 is 11.8 Å². The van der Waals surface area contributed by atoms with Gasteiger partial charge in [0.15, 0.2) is 17.6 Å². The van der Waals surface area contributed by atoms with Crippen molar-refractivity contribution in [2.75, 3.05) is 13.7 Å². The highest BCUT2D eigenvalue weighted by atomic mass is 32.2. The summed E-state index contributed by atoms with van der Waals surface area (Å²) in [4.78, 5) is 36.4. The summed E-state index contributed by atoms with van der Waals surface area (Å²) in [6, 6.07) is 4.97. The Morgan fingerprint density at radius 2 is 2.12 bits per heavy atom. The van der Waals surface area contributed by atoms with Crippen molar-refractivity contribution in [2.45, 2.75) is 20.0 Å². The van der Waals surface area contributed by atoms with E-state index < -0.39 is 12.1 Å². The standard InChI is InChI=1S/C16H17NO6S/c1-4-17-14(18)12(24-16(17)21)8-10-6-5-7-11(22-3)13(10)23-9(2)15(19)20/h5-9H,4H2,1-3H3,(H,19,20)/b12-8-/t9-/m0/s1. The number of hydrogen-bond donors (Lipinski definition) is 1. The second kappa shape index (κ2) is 7.39. The van der Waals surface area contributed by atoms with Crippen molar-refractivity contribution in [3.8, 4) is 11.5 Å². The number of carbonyl (C=O) groups excluding carboxylic acids is 2. The van der Waals surface area contributed by atoms with Crippen molar-refractivity contribution in [1.82, 2.24) is 4.90 Å². The number of ether oxygens (including phenoxy) is 2. The van der Waals surface area contributed by atoms with Gasteiger partial charge < -0.3 is 14.6 Å². The first kappa shape index (κ1) is 17.9. The third kappa shape index (κ3) is 3.53. The molecule has 1 aliphatic heterocycles. The molecule has 0 unspecified atom stereocenters. The van der Waals surface area contributed by atoms with Crippen molar-refractivity contribution in [3.05, 3.63) is 28.7 Å². The fourth-order valence-electron chi connectivity index (χ4n) is 2.07. The highest BCUT2D eigenvalue weighted by molar-refractivity contribution is 8.18. The minimum atomic E-state index is -1.13. The maximum Gasteiger partial charge on any atom is 0.344 e. The Labute approximate surface area is 143 Å². The second-order valence-electron chi connectivity index (χ2n) is 4.90. The third-order valence-corrected chi connectivity index (χ3v) is 4.26. The Hall–Kier alpha value is -2.48. The molecule has 7 nitrogen and oxygen atoms in total. The number of carboxylic acid groups (broad SMARTS) is 1. The molecule has 2 amide bonds.